The van der Waals surface area contributed by atoms with E-state index < -0.39 is 0 Å². The molecule has 3 aromatic carbocycles. The van der Waals surface area contributed by atoms with E-state index in [1.165, 1.54) is 16.8 Å². The van der Waals surface area contributed by atoms with Crippen LogP contribution in [-0.4, -0.2) is 61.0 Å². The van der Waals surface area contributed by atoms with Gasteiger partial charge in [-0.2, -0.15) is 9.97 Å². The highest BCUT2D eigenvalue weighted by molar-refractivity contribution is 7.80. The minimum atomic E-state index is 0.468. The van der Waals surface area contributed by atoms with E-state index in [-0.39, 0.29) is 0 Å². The third-order valence-electron chi connectivity index (χ3n) is 8.16. The van der Waals surface area contributed by atoms with Crippen molar-refractivity contribution in [3.63, 3.8) is 0 Å². The van der Waals surface area contributed by atoms with Crippen LogP contribution in [-0.2, 0) is 19.5 Å². The first-order valence-electron chi connectivity index (χ1n) is 14.9. The fourth-order valence-corrected chi connectivity index (χ4v) is 6.02. The molecule has 4 heterocycles. The van der Waals surface area contributed by atoms with Crippen LogP contribution in [0.2, 0.25) is 0 Å². The standard InChI is InChI=1S/C33H35N7O2S/c43-33(34-22-24-10-11-28-29(20-24)42-19-18-41-28)37-32-35-30(39-16-14-38(15-17-39)27-8-2-1-3-9-27)21-31(36-32)40-13-12-25-6-4-5-7-26(25)23-40/h1-11,20-21H,12-19,22-23H2,(H2,34,35,36,37,43). The Bertz CT molecular complexity index is 1590. The van der Waals surface area contributed by atoms with E-state index in [1.807, 2.05) is 18.2 Å². The Morgan fingerprint density at radius 3 is 2.23 bits per heavy atom. The molecule has 1 fully saturated rings. The van der Waals surface area contributed by atoms with E-state index in [1.54, 1.807) is 0 Å². The number of aromatic nitrogens is 2. The molecule has 0 saturated carbocycles. The smallest absolute Gasteiger partial charge is 0.232 e. The van der Waals surface area contributed by atoms with E-state index in [4.69, 9.17) is 31.7 Å². The minimum absolute atomic E-state index is 0.468. The molecule has 220 valence electrons. The number of hydrogen-bond acceptors (Lipinski definition) is 8. The molecule has 3 aliphatic heterocycles. The van der Waals surface area contributed by atoms with Gasteiger partial charge in [0.2, 0.25) is 5.95 Å². The van der Waals surface area contributed by atoms with Crippen LogP contribution in [0.25, 0.3) is 0 Å². The van der Waals surface area contributed by atoms with Crippen LogP contribution in [0.3, 0.4) is 0 Å². The second-order valence-electron chi connectivity index (χ2n) is 10.9. The van der Waals surface area contributed by atoms with Crippen LogP contribution >= 0.6 is 12.2 Å². The van der Waals surface area contributed by atoms with Crippen molar-refractivity contribution in [3.8, 4) is 11.5 Å². The molecule has 3 aliphatic rings. The first-order chi connectivity index (χ1) is 21.2. The molecular formula is C33H35N7O2S. The van der Waals surface area contributed by atoms with Gasteiger partial charge in [-0.3, -0.25) is 0 Å². The number of hydrogen-bond donors (Lipinski definition) is 2. The fourth-order valence-electron chi connectivity index (χ4n) is 5.85. The van der Waals surface area contributed by atoms with Gasteiger partial charge in [0.05, 0.1) is 0 Å². The average Bonchev–Trinajstić information content (AvgIpc) is 3.07. The van der Waals surface area contributed by atoms with Gasteiger partial charge in [0, 0.05) is 57.6 Å². The Balaban J connectivity index is 1.08. The number of ether oxygens (including phenoxy) is 2. The van der Waals surface area contributed by atoms with Gasteiger partial charge in [-0.25, -0.2) is 0 Å². The summed E-state index contributed by atoms with van der Waals surface area (Å²) in [5, 5.41) is 7.03. The van der Waals surface area contributed by atoms with Crippen molar-refractivity contribution in [2.45, 2.75) is 19.5 Å². The fraction of sp³-hybridized carbons (Fsp3) is 0.303. The molecule has 1 aromatic heterocycles. The normalized spacial score (nSPS) is 16.0. The van der Waals surface area contributed by atoms with Crippen molar-refractivity contribution in [1.29, 1.82) is 0 Å². The maximum Gasteiger partial charge on any atom is 0.232 e. The number of fused-ring (bicyclic) bond motifs is 2. The Labute approximate surface area is 257 Å². The molecule has 2 N–H and O–H groups in total. The Morgan fingerprint density at radius 1 is 0.721 bits per heavy atom. The number of benzene rings is 3. The number of para-hydroxylation sites is 1. The topological polar surface area (TPSA) is 78.0 Å². The zero-order valence-electron chi connectivity index (χ0n) is 24.0. The Hall–Kier alpha value is -4.57. The van der Waals surface area contributed by atoms with Crippen molar-refractivity contribution in [2.24, 2.45) is 0 Å². The highest BCUT2D eigenvalue weighted by Gasteiger charge is 2.23. The van der Waals surface area contributed by atoms with Gasteiger partial charge in [0.1, 0.15) is 24.8 Å². The Kier molecular flexibility index (Phi) is 7.83. The predicted octanol–water partition coefficient (Wildman–Crippen LogP) is 4.62. The van der Waals surface area contributed by atoms with Gasteiger partial charge >= 0.3 is 0 Å². The summed E-state index contributed by atoms with van der Waals surface area (Å²) in [6.45, 7) is 7.01. The summed E-state index contributed by atoms with van der Waals surface area (Å²) >= 11 is 5.69. The molecule has 10 heteroatoms. The zero-order valence-corrected chi connectivity index (χ0v) is 24.9. The van der Waals surface area contributed by atoms with Crippen molar-refractivity contribution < 1.29 is 9.47 Å². The number of anilines is 4. The predicted molar refractivity (Wildman–Crippen MR) is 175 cm³/mol. The van der Waals surface area contributed by atoms with Gasteiger partial charge in [0.15, 0.2) is 16.6 Å². The quantitative estimate of drug-likeness (QED) is 0.309. The summed E-state index contributed by atoms with van der Waals surface area (Å²) in [5.41, 5.74) is 5.06. The lowest BCUT2D eigenvalue weighted by molar-refractivity contribution is 0.171. The molecule has 9 nitrogen and oxygen atoms in total. The summed E-state index contributed by atoms with van der Waals surface area (Å²) in [5.74, 6) is 3.85. The summed E-state index contributed by atoms with van der Waals surface area (Å²) < 4.78 is 11.4. The number of piperazine rings is 1. The minimum Gasteiger partial charge on any atom is -0.486 e. The summed E-state index contributed by atoms with van der Waals surface area (Å²) in [6, 6.07) is 27.3. The van der Waals surface area contributed by atoms with Crippen molar-refractivity contribution in [2.75, 3.05) is 66.0 Å². The SMILES string of the molecule is S=C(NCc1ccc2c(c1)OCCO2)Nc1nc(N2CCN(c3ccccc3)CC2)cc(N2CCc3ccccc3C2)n1. The largest absolute Gasteiger partial charge is 0.486 e. The van der Waals surface area contributed by atoms with E-state index in [0.717, 1.165) is 74.4 Å². The Morgan fingerprint density at radius 2 is 1.42 bits per heavy atom. The molecule has 7 rings (SSSR count). The van der Waals surface area contributed by atoms with Crippen molar-refractivity contribution >= 4 is 40.6 Å². The lowest BCUT2D eigenvalue weighted by atomic mass is 10.00. The zero-order chi connectivity index (χ0) is 29.0. The van der Waals surface area contributed by atoms with E-state index >= 15 is 0 Å². The third kappa shape index (κ3) is 6.29. The summed E-state index contributed by atoms with van der Waals surface area (Å²) in [4.78, 5) is 17.0. The van der Waals surface area contributed by atoms with Gasteiger partial charge in [-0.05, 0) is 59.6 Å². The molecule has 4 aromatic rings. The van der Waals surface area contributed by atoms with Crippen LogP contribution in [0.5, 0.6) is 11.5 Å². The summed E-state index contributed by atoms with van der Waals surface area (Å²) in [7, 11) is 0. The lowest BCUT2D eigenvalue weighted by Gasteiger charge is -2.37. The molecule has 0 unspecified atom stereocenters. The lowest BCUT2D eigenvalue weighted by Crippen LogP contribution is -2.47. The molecule has 0 aliphatic carbocycles. The highest BCUT2D eigenvalue weighted by atomic mass is 32.1. The molecule has 0 spiro atoms. The summed E-state index contributed by atoms with van der Waals surface area (Å²) in [6.07, 6.45) is 0.990. The van der Waals surface area contributed by atoms with Crippen molar-refractivity contribution in [1.82, 2.24) is 15.3 Å². The van der Waals surface area contributed by atoms with Gasteiger partial charge < -0.3 is 34.8 Å². The van der Waals surface area contributed by atoms with Crippen LogP contribution in [0.4, 0.5) is 23.3 Å². The molecular weight excluding hydrogens is 558 g/mol. The highest BCUT2D eigenvalue weighted by Crippen LogP contribution is 2.31. The number of rotatable bonds is 6. The van der Waals surface area contributed by atoms with Gasteiger partial charge in [0.25, 0.3) is 0 Å². The molecule has 43 heavy (non-hydrogen) atoms. The van der Waals surface area contributed by atoms with Crippen LogP contribution in [0, 0.1) is 0 Å². The maximum absolute atomic E-state index is 5.73. The second-order valence-corrected chi connectivity index (χ2v) is 11.4. The number of nitrogens with zero attached hydrogens (tertiary/aromatic N) is 5. The molecule has 0 radical (unpaired) electrons. The van der Waals surface area contributed by atoms with E-state index in [2.05, 4.69) is 86.0 Å². The number of thiocarbonyl (C=S) groups is 1. The molecule has 0 bridgehead atoms. The second kappa shape index (κ2) is 12.3. The molecule has 0 amide bonds. The van der Waals surface area contributed by atoms with Crippen LogP contribution in [0.15, 0.2) is 78.9 Å². The van der Waals surface area contributed by atoms with Crippen molar-refractivity contribution in [3.05, 3.63) is 95.6 Å². The van der Waals surface area contributed by atoms with E-state index in [0.29, 0.717) is 30.8 Å². The first-order valence-corrected chi connectivity index (χ1v) is 15.3. The van der Waals surface area contributed by atoms with E-state index in [9.17, 15) is 0 Å². The molecule has 0 atom stereocenters. The maximum atomic E-state index is 5.73. The van der Waals surface area contributed by atoms with Gasteiger partial charge in [-0.1, -0.05) is 48.5 Å². The van der Waals surface area contributed by atoms with Crippen LogP contribution in [0.1, 0.15) is 16.7 Å². The van der Waals surface area contributed by atoms with Gasteiger partial charge in [-0.15, -0.1) is 0 Å². The van der Waals surface area contributed by atoms with Crippen LogP contribution < -0.4 is 34.8 Å². The monoisotopic (exact) mass is 593 g/mol. The number of nitrogens with one attached hydrogen (secondary N) is 2. The first kappa shape index (κ1) is 27.3. The molecule has 1 saturated heterocycles. The third-order valence-corrected chi connectivity index (χ3v) is 8.41. The average molecular weight is 594 g/mol.